The molecule has 2 aromatic carbocycles. The topological polar surface area (TPSA) is 583 Å². The molecule has 3 fully saturated rings. The molecule has 3 saturated heterocycles. The largest absolute Gasteiger partial charge is 0.506 e. The van der Waals surface area contributed by atoms with Crippen LogP contribution < -0.4 is 64.6 Å². The van der Waals surface area contributed by atoms with Gasteiger partial charge in [-0.2, -0.15) is 11.8 Å². The van der Waals surface area contributed by atoms with Gasteiger partial charge >= 0.3 is 0 Å². The van der Waals surface area contributed by atoms with Crippen molar-refractivity contribution < 1.29 is 108 Å². The minimum Gasteiger partial charge on any atom is -0.506 e. The fourth-order valence-corrected chi connectivity index (χ4v) is 14.5. The molecule has 0 bridgehead atoms. The number of hydrogen-bond acceptors (Lipinski definition) is 24. The molecule has 0 spiro atoms. The van der Waals surface area contributed by atoms with Crippen molar-refractivity contribution in [3.8, 4) is 5.75 Å². The highest BCUT2D eigenvalue weighted by Gasteiger charge is 2.49. The molecule has 0 aliphatic carbocycles. The van der Waals surface area contributed by atoms with Crippen molar-refractivity contribution in [2.75, 3.05) is 37.0 Å². The van der Waals surface area contributed by atoms with Gasteiger partial charge in [0.05, 0.1) is 42.6 Å². The molecule has 638 valence electrons. The number of benzene rings is 2. The number of unbranched alkanes of at least 4 members (excludes halogenated alkanes) is 6. The van der Waals surface area contributed by atoms with Crippen molar-refractivity contribution in [2.45, 2.75) is 279 Å². The molecule has 37 heteroatoms. The molecule has 13 amide bonds. The van der Waals surface area contributed by atoms with E-state index in [4.69, 9.17) is 11.5 Å². The zero-order chi connectivity index (χ0) is 84.6. The van der Waals surface area contributed by atoms with Crippen LogP contribution in [0.1, 0.15) is 181 Å². The maximum absolute atomic E-state index is 15.0. The maximum atomic E-state index is 15.0. The molecule has 3 heterocycles. The SMILES string of the molecule is CCC(C)CC(C)CCCCCCCCC(=O)NC1CC(O)C(O)NC(=O)C2C(O)CCN2C(=O)C(C(O)CC(N)=O)NC(=O)C(C(O)C(O)c2ccc(O)c(NC(=O)C(N)CCCCNC(=O)C(Cc3ccccc3)NC(=O)C(CC(C)C)NC(=O)C(CCSC)NC=O)c2)NC(=O)C2CC(O)CN2C(=O)C(C(C)O)NC1=O. The van der Waals surface area contributed by atoms with E-state index in [1.54, 1.807) is 30.3 Å². The number of anilines is 1. The Bertz CT molecular complexity index is 3510. The molecule has 3 aliphatic heterocycles. The third-order valence-electron chi connectivity index (χ3n) is 20.7. The van der Waals surface area contributed by atoms with Crippen LogP contribution >= 0.6 is 11.8 Å². The molecule has 23 N–H and O–H groups in total. The molecule has 20 atom stereocenters. The first kappa shape index (κ1) is 95.9. The molecule has 36 nitrogen and oxygen atoms in total. The zero-order valence-electron chi connectivity index (χ0n) is 66.1. The van der Waals surface area contributed by atoms with Gasteiger partial charge < -0.3 is 120 Å². The molecule has 0 saturated carbocycles. The van der Waals surface area contributed by atoms with Crippen LogP contribution in [0.3, 0.4) is 0 Å². The van der Waals surface area contributed by atoms with Crippen LogP contribution in [0.4, 0.5) is 5.69 Å². The summed E-state index contributed by atoms with van der Waals surface area (Å²) in [6.45, 7) is 10.2. The monoisotopic (exact) mass is 1630 g/mol. The molecule has 0 aromatic heterocycles. The number of aliphatic hydroxyl groups excluding tert-OH is 8. The maximum Gasteiger partial charge on any atom is 0.248 e. The van der Waals surface area contributed by atoms with Crippen molar-refractivity contribution in [3.05, 3.63) is 59.7 Å². The molecular weight excluding hydrogens is 1500 g/mol. The number of thioether (sulfide) groups is 1. The average molecular weight is 1630 g/mol. The van der Waals surface area contributed by atoms with Crippen molar-refractivity contribution in [3.63, 3.8) is 0 Å². The Morgan fingerprint density at radius 2 is 1.30 bits per heavy atom. The fourth-order valence-electron chi connectivity index (χ4n) is 14.1. The summed E-state index contributed by atoms with van der Waals surface area (Å²) in [5, 5.41) is 128. The predicted octanol–water partition coefficient (Wildman–Crippen LogP) is -2.66. The van der Waals surface area contributed by atoms with Crippen molar-refractivity contribution >= 4 is 94.7 Å². The number of nitrogens with zero attached hydrogens (tertiary/aromatic N) is 2. The van der Waals surface area contributed by atoms with E-state index in [1.165, 1.54) is 11.8 Å². The lowest BCUT2D eigenvalue weighted by Crippen LogP contribution is -2.64. The average Bonchev–Trinajstić information content (AvgIpc) is 1.57. The van der Waals surface area contributed by atoms with Gasteiger partial charge in [-0.1, -0.05) is 116 Å². The molecule has 20 unspecified atom stereocenters. The van der Waals surface area contributed by atoms with E-state index in [1.807, 2.05) is 20.1 Å². The number of primary amides is 1. The molecule has 114 heavy (non-hydrogen) atoms. The molecule has 2 aromatic rings. The molecule has 3 aliphatic rings. The highest BCUT2D eigenvalue weighted by Crippen LogP contribution is 2.31. The van der Waals surface area contributed by atoms with Crippen molar-refractivity contribution in [2.24, 2.45) is 29.2 Å². The van der Waals surface area contributed by atoms with Crippen molar-refractivity contribution in [1.29, 1.82) is 0 Å². The van der Waals surface area contributed by atoms with Crippen LogP contribution in [0.25, 0.3) is 0 Å². The van der Waals surface area contributed by atoms with Crippen molar-refractivity contribution in [1.82, 2.24) is 57.7 Å². The fraction of sp³-hybridized carbons (Fsp3) is 0.675. The smallest absolute Gasteiger partial charge is 0.248 e. The van der Waals surface area contributed by atoms with Crippen LogP contribution in [0.15, 0.2) is 48.5 Å². The van der Waals surface area contributed by atoms with E-state index in [0.717, 1.165) is 70.1 Å². The summed E-state index contributed by atoms with van der Waals surface area (Å²) < 4.78 is 0. The summed E-state index contributed by atoms with van der Waals surface area (Å²) >= 11 is 1.47. The van der Waals surface area contributed by atoms with Gasteiger partial charge in [0.2, 0.25) is 77.3 Å². The summed E-state index contributed by atoms with van der Waals surface area (Å²) in [4.78, 5) is 181. The van der Waals surface area contributed by atoms with E-state index >= 15 is 0 Å². The lowest BCUT2D eigenvalue weighted by atomic mass is 9.91. The second kappa shape index (κ2) is 48.0. The molecule has 0 radical (unpaired) electrons. The van der Waals surface area contributed by atoms with Crippen LogP contribution in [0.5, 0.6) is 5.75 Å². The van der Waals surface area contributed by atoms with Gasteiger partial charge in [-0.15, -0.1) is 0 Å². The Morgan fingerprint density at radius 3 is 1.95 bits per heavy atom. The number of carbonyl (C=O) groups excluding carboxylic acids is 13. The number of phenols is 1. The second-order valence-electron chi connectivity index (χ2n) is 30.7. The summed E-state index contributed by atoms with van der Waals surface area (Å²) in [5.74, 6) is -11.9. The number of hydrogen-bond donors (Lipinski definition) is 21. The number of aliphatic hydroxyl groups is 8. The Morgan fingerprint density at radius 1 is 0.667 bits per heavy atom. The first-order chi connectivity index (χ1) is 54.0. The van der Waals surface area contributed by atoms with Gasteiger partial charge in [-0.25, -0.2) is 0 Å². The number of aromatic hydroxyl groups is 1. The zero-order valence-corrected chi connectivity index (χ0v) is 66.9. The Labute approximate surface area is 668 Å². The first-order valence-corrected chi connectivity index (χ1v) is 40.7. The van der Waals surface area contributed by atoms with Gasteiger partial charge in [0.25, 0.3) is 0 Å². The summed E-state index contributed by atoms with van der Waals surface area (Å²) in [5.41, 5.74) is 11.6. The summed E-state index contributed by atoms with van der Waals surface area (Å²) in [6, 6.07) is -5.36. The van der Waals surface area contributed by atoms with Gasteiger partial charge in [0, 0.05) is 45.3 Å². The van der Waals surface area contributed by atoms with E-state index in [9.17, 15) is 108 Å². The van der Waals surface area contributed by atoms with Crippen LogP contribution in [0, 0.1) is 17.8 Å². The highest BCUT2D eigenvalue weighted by atomic mass is 32.2. The van der Waals surface area contributed by atoms with Gasteiger partial charge in [-0.05, 0) is 111 Å². The van der Waals surface area contributed by atoms with Crippen LogP contribution in [-0.4, -0.2) is 268 Å². The number of rotatable bonds is 41. The van der Waals surface area contributed by atoms with Gasteiger partial charge in [0.15, 0.2) is 6.23 Å². The minimum atomic E-state index is -2.62. The quantitative estimate of drug-likeness (QED) is 0.0183. The number of carbonyl (C=O) groups is 13. The van der Waals surface area contributed by atoms with Gasteiger partial charge in [-0.3, -0.25) is 62.3 Å². The summed E-state index contributed by atoms with van der Waals surface area (Å²) in [7, 11) is 0. The minimum absolute atomic E-state index is 0.0247. The van der Waals surface area contributed by atoms with E-state index < -0.39 is 230 Å². The predicted molar refractivity (Wildman–Crippen MR) is 418 cm³/mol. The van der Waals surface area contributed by atoms with E-state index in [0.29, 0.717) is 58.6 Å². The number of amides is 13. The molecule has 5 rings (SSSR count). The third-order valence-corrected chi connectivity index (χ3v) is 21.4. The number of fused-ring (bicyclic) bond motifs is 2. The third kappa shape index (κ3) is 30.2. The standard InChI is InChI=1S/C77H122N14O22S/c1-8-42(4)33-43(5)20-14-11-9-10-12-17-24-60(100)82-53-37-58(98)73(109)89-75(111)64-56(96)27-30-90(64)77(113)62(57(97)38-59(79)99)87-74(110)63(88-72(108)54-36-47(94)39-91(54)76(112)61(44(6)93)86-71(53)107)66(102)65(101)46-25-26-55(95)50(35-46)83-67(103)48(78)23-18-19-29-80-68(104)52(34-45-21-15-13-16-22-45)85-70(106)51(32-41(2)3)84-69(105)49(81-40-92)28-31-114-7/h13,15-16,21-22,25-26,35,40-44,47-49,51-54,56-58,61-66,73,93-98,101-102,109H,8-12,14,17-20,23-24,27-34,36-39,78H2,1-7H3,(H2,79,99)(H,80,104)(H,81,92)(H,82,100)(H,83,103)(H,84,105)(H,85,106)(H,86,107)(H,87,110)(H,88,108)(H,89,111). The lowest BCUT2D eigenvalue weighted by Gasteiger charge is -2.34. The Balaban J connectivity index is 1.38. The number of phenolic OH excluding ortho intramolecular Hbond substituents is 1. The Kier molecular flexibility index (Phi) is 40.4. The lowest BCUT2D eigenvalue weighted by molar-refractivity contribution is -0.149. The first-order valence-electron chi connectivity index (χ1n) is 39.4. The van der Waals surface area contributed by atoms with E-state index in [2.05, 4.69) is 73.9 Å². The normalized spacial score (nSPS) is 24.0. The van der Waals surface area contributed by atoms with Gasteiger partial charge in [0.1, 0.15) is 78.4 Å². The number of nitrogens with one attached hydrogen (secondary N) is 10. The summed E-state index contributed by atoms with van der Waals surface area (Å²) in [6.07, 6.45) is -8.74. The molecular formula is C77H122N14O22S. The number of nitrogens with two attached hydrogens (primary N) is 2. The second-order valence-corrected chi connectivity index (χ2v) is 31.7. The van der Waals surface area contributed by atoms with Crippen LogP contribution in [-0.2, 0) is 68.7 Å². The van der Waals surface area contributed by atoms with E-state index in [-0.39, 0.29) is 57.4 Å². The Hall–Kier alpha value is -8.66. The van der Waals surface area contributed by atoms with Crippen LogP contribution in [0.2, 0.25) is 0 Å². The highest BCUT2D eigenvalue weighted by molar-refractivity contribution is 7.98.